The number of nitrogens with one attached hydrogen (secondary N) is 1. The number of carboxylic acid groups (broad SMARTS) is 1. The molecule has 0 aromatic heterocycles. The van der Waals surface area contributed by atoms with Crippen LogP contribution in [0.4, 0.5) is 0 Å². The minimum absolute atomic E-state index is 0.0396. The van der Waals surface area contributed by atoms with Crippen molar-refractivity contribution in [1.82, 2.24) is 5.32 Å². The highest BCUT2D eigenvalue weighted by Gasteiger charge is 2.18. The van der Waals surface area contributed by atoms with Gasteiger partial charge >= 0.3 is 5.97 Å². The maximum atomic E-state index is 11.7. The number of quaternary nitrogens is 1. The lowest BCUT2D eigenvalue weighted by molar-refractivity contribution is -0.883. The van der Waals surface area contributed by atoms with Gasteiger partial charge in [-0.15, -0.1) is 0 Å². The molecule has 2 N–H and O–H groups in total. The number of unbranched alkanes of at least 4 members (excludes halogenated alkanes) is 6. The summed E-state index contributed by atoms with van der Waals surface area (Å²) in [6, 6.07) is 0. The molecule has 0 heterocycles. The monoisotopic (exact) mass is 341 g/mol. The van der Waals surface area contributed by atoms with Gasteiger partial charge in [0.05, 0.1) is 20.6 Å². The zero-order valence-electron chi connectivity index (χ0n) is 15.9. The first-order valence-electron chi connectivity index (χ1n) is 9.33. The molecule has 5 nitrogen and oxygen atoms in total. The molecule has 0 radical (unpaired) electrons. The van der Waals surface area contributed by atoms with Crippen molar-refractivity contribution in [3.63, 3.8) is 0 Å². The molecule has 5 heteroatoms. The highest BCUT2D eigenvalue weighted by atomic mass is 16.4. The molecule has 24 heavy (non-hydrogen) atoms. The summed E-state index contributed by atoms with van der Waals surface area (Å²) in [7, 11) is 3.78. The van der Waals surface area contributed by atoms with Gasteiger partial charge in [-0.2, -0.15) is 0 Å². The predicted molar refractivity (Wildman–Crippen MR) is 98.9 cm³/mol. The number of likely N-dealkylation sites (N-methyl/N-ethyl adjacent to an activating group) is 1. The van der Waals surface area contributed by atoms with E-state index >= 15 is 0 Å². The van der Waals surface area contributed by atoms with Crippen LogP contribution >= 0.6 is 0 Å². The second-order valence-electron chi connectivity index (χ2n) is 7.15. The van der Waals surface area contributed by atoms with E-state index in [1.807, 2.05) is 20.2 Å². The highest BCUT2D eigenvalue weighted by Crippen LogP contribution is 2.07. The molecule has 0 saturated carbocycles. The first-order chi connectivity index (χ1) is 11.4. The number of rotatable bonds is 15. The predicted octanol–water partition coefficient (Wildman–Crippen LogP) is 3.35. The van der Waals surface area contributed by atoms with Gasteiger partial charge in [-0.25, -0.2) is 4.79 Å². The van der Waals surface area contributed by atoms with Gasteiger partial charge in [-0.05, 0) is 12.8 Å². The summed E-state index contributed by atoms with van der Waals surface area (Å²) in [4.78, 5) is 22.4. The van der Waals surface area contributed by atoms with E-state index in [1.165, 1.54) is 38.5 Å². The molecule has 0 aliphatic carbocycles. The van der Waals surface area contributed by atoms with Crippen LogP contribution in [0.15, 0.2) is 12.2 Å². The SMILES string of the molecule is CCCCCCCC/C=C/CC(=O)NCCC[N+](C)(C)CC(=O)O. The van der Waals surface area contributed by atoms with Crippen LogP contribution in [0.2, 0.25) is 0 Å². The van der Waals surface area contributed by atoms with E-state index in [-0.39, 0.29) is 12.5 Å². The second kappa shape index (κ2) is 14.0. The minimum Gasteiger partial charge on any atom is -0.477 e. The van der Waals surface area contributed by atoms with Crippen molar-refractivity contribution >= 4 is 11.9 Å². The first kappa shape index (κ1) is 22.6. The lowest BCUT2D eigenvalue weighted by atomic mass is 10.1. The summed E-state index contributed by atoms with van der Waals surface area (Å²) in [6.45, 7) is 3.67. The number of amides is 1. The van der Waals surface area contributed by atoms with E-state index in [2.05, 4.69) is 18.3 Å². The largest absolute Gasteiger partial charge is 0.477 e. The molecule has 0 aliphatic rings. The van der Waals surface area contributed by atoms with Gasteiger partial charge in [0.25, 0.3) is 0 Å². The average Bonchev–Trinajstić information content (AvgIpc) is 2.48. The standard InChI is InChI=1S/C19H36N2O3/c1-4-5-6-7-8-9-10-11-12-14-18(22)20-15-13-16-21(2,3)17-19(23)24/h11-12H,4-10,13-17H2,1-3H3,(H-,20,22,23,24)/p+1/b12-11+. The zero-order chi connectivity index (χ0) is 18.3. The van der Waals surface area contributed by atoms with Gasteiger partial charge in [0, 0.05) is 19.4 Å². The molecule has 0 bridgehead atoms. The summed E-state index contributed by atoms with van der Waals surface area (Å²) in [5.41, 5.74) is 0. The quantitative estimate of drug-likeness (QED) is 0.273. The third-order valence-electron chi connectivity index (χ3n) is 4.02. The molecule has 0 spiro atoms. The van der Waals surface area contributed by atoms with Crippen molar-refractivity contribution in [2.24, 2.45) is 0 Å². The Hall–Kier alpha value is -1.36. The van der Waals surface area contributed by atoms with Crippen LogP contribution in [-0.2, 0) is 9.59 Å². The number of aliphatic carboxylic acids is 1. The maximum absolute atomic E-state index is 11.7. The third-order valence-corrected chi connectivity index (χ3v) is 4.02. The molecular weight excluding hydrogens is 304 g/mol. The summed E-state index contributed by atoms with van der Waals surface area (Å²) in [5.74, 6) is -0.753. The Balaban J connectivity index is 3.56. The van der Waals surface area contributed by atoms with Gasteiger partial charge in [-0.3, -0.25) is 4.79 Å². The molecule has 0 saturated heterocycles. The van der Waals surface area contributed by atoms with Crippen LogP contribution in [0.25, 0.3) is 0 Å². The fourth-order valence-electron chi connectivity index (χ4n) is 2.60. The summed E-state index contributed by atoms with van der Waals surface area (Å²) >= 11 is 0. The van der Waals surface area contributed by atoms with Crippen molar-refractivity contribution in [3.05, 3.63) is 12.2 Å². The Kier molecular flexibility index (Phi) is 13.2. The number of allylic oxidation sites excluding steroid dienone is 1. The number of hydrogen-bond donors (Lipinski definition) is 2. The van der Waals surface area contributed by atoms with E-state index in [1.54, 1.807) is 0 Å². The Labute approximate surface area is 147 Å². The van der Waals surface area contributed by atoms with Crippen molar-refractivity contribution in [3.8, 4) is 0 Å². The number of nitrogens with zero attached hydrogens (tertiary/aromatic N) is 1. The van der Waals surface area contributed by atoms with Crippen LogP contribution in [0, 0.1) is 0 Å². The summed E-state index contributed by atoms with van der Waals surface area (Å²) < 4.78 is 0.434. The van der Waals surface area contributed by atoms with Gasteiger partial charge in [0.2, 0.25) is 5.91 Å². The Morgan fingerprint density at radius 1 is 1.00 bits per heavy atom. The average molecular weight is 342 g/mol. The topological polar surface area (TPSA) is 66.4 Å². The number of carbonyl (C=O) groups excluding carboxylic acids is 1. The molecule has 0 unspecified atom stereocenters. The Morgan fingerprint density at radius 3 is 2.33 bits per heavy atom. The fourth-order valence-corrected chi connectivity index (χ4v) is 2.60. The third kappa shape index (κ3) is 15.5. The van der Waals surface area contributed by atoms with Crippen molar-refractivity contribution < 1.29 is 19.2 Å². The van der Waals surface area contributed by atoms with E-state index in [0.29, 0.717) is 17.4 Å². The molecule has 0 atom stereocenters. The van der Waals surface area contributed by atoms with Gasteiger partial charge in [0.15, 0.2) is 6.54 Å². The van der Waals surface area contributed by atoms with E-state index in [4.69, 9.17) is 5.11 Å². The van der Waals surface area contributed by atoms with Crippen molar-refractivity contribution in [2.75, 3.05) is 33.7 Å². The Bertz CT molecular complexity index is 379. The molecule has 140 valence electrons. The lowest BCUT2D eigenvalue weighted by Gasteiger charge is -2.27. The minimum atomic E-state index is -0.792. The molecule has 1 amide bonds. The fraction of sp³-hybridized carbons (Fsp3) is 0.789. The maximum Gasteiger partial charge on any atom is 0.359 e. The van der Waals surface area contributed by atoms with Crippen LogP contribution in [-0.4, -0.2) is 55.2 Å². The van der Waals surface area contributed by atoms with Gasteiger partial charge in [-0.1, -0.05) is 51.2 Å². The van der Waals surface area contributed by atoms with Crippen molar-refractivity contribution in [2.45, 2.75) is 64.7 Å². The highest BCUT2D eigenvalue weighted by molar-refractivity contribution is 5.77. The van der Waals surface area contributed by atoms with Crippen molar-refractivity contribution in [1.29, 1.82) is 0 Å². The number of carboxylic acids is 1. The van der Waals surface area contributed by atoms with Gasteiger partial charge in [0.1, 0.15) is 0 Å². The normalized spacial score (nSPS) is 11.8. The summed E-state index contributed by atoms with van der Waals surface area (Å²) in [6.07, 6.45) is 14.1. The van der Waals surface area contributed by atoms with E-state index < -0.39 is 5.97 Å². The molecule has 0 aromatic rings. The van der Waals surface area contributed by atoms with E-state index in [0.717, 1.165) is 19.4 Å². The van der Waals surface area contributed by atoms with E-state index in [9.17, 15) is 9.59 Å². The molecular formula is C19H37N2O3+. The molecule has 0 aliphatic heterocycles. The molecule has 0 rings (SSSR count). The second-order valence-corrected chi connectivity index (χ2v) is 7.15. The van der Waals surface area contributed by atoms with Crippen LogP contribution in [0.1, 0.15) is 64.7 Å². The first-order valence-corrected chi connectivity index (χ1v) is 9.33. The number of carbonyl (C=O) groups is 2. The number of hydrogen-bond acceptors (Lipinski definition) is 2. The lowest BCUT2D eigenvalue weighted by Crippen LogP contribution is -2.45. The summed E-state index contributed by atoms with van der Waals surface area (Å²) in [5, 5.41) is 11.7. The van der Waals surface area contributed by atoms with Crippen LogP contribution in [0.3, 0.4) is 0 Å². The smallest absolute Gasteiger partial charge is 0.359 e. The molecule has 0 fully saturated rings. The van der Waals surface area contributed by atoms with Crippen LogP contribution in [0.5, 0.6) is 0 Å². The Morgan fingerprint density at radius 2 is 1.67 bits per heavy atom. The zero-order valence-corrected chi connectivity index (χ0v) is 15.9. The van der Waals surface area contributed by atoms with Crippen LogP contribution < -0.4 is 5.32 Å². The molecule has 0 aromatic carbocycles. The van der Waals surface area contributed by atoms with Gasteiger partial charge < -0.3 is 14.9 Å².